The predicted molar refractivity (Wildman–Crippen MR) is 107 cm³/mol. The summed E-state index contributed by atoms with van der Waals surface area (Å²) in [6, 6.07) is 18.2. The van der Waals surface area contributed by atoms with Gasteiger partial charge in [0.05, 0.1) is 6.10 Å². The highest BCUT2D eigenvalue weighted by molar-refractivity contribution is 7.99. The average molecular weight is 382 g/mol. The van der Waals surface area contributed by atoms with Gasteiger partial charge in [-0.1, -0.05) is 42.1 Å². The van der Waals surface area contributed by atoms with Crippen LogP contribution in [0.4, 0.5) is 5.69 Å². The molecule has 1 N–H and O–H groups in total. The monoisotopic (exact) mass is 382 g/mol. The predicted octanol–water partition coefficient (Wildman–Crippen LogP) is 3.58. The topological polar surface area (TPSA) is 63.4 Å². The molecule has 0 unspecified atom stereocenters. The van der Waals surface area contributed by atoms with Crippen LogP contribution in [0.3, 0.4) is 0 Å². The summed E-state index contributed by atoms with van der Waals surface area (Å²) in [6.45, 7) is 0.798. The molecule has 1 aliphatic heterocycles. The molecule has 1 saturated heterocycles. The Morgan fingerprint density at radius 3 is 2.59 bits per heavy atom. The van der Waals surface area contributed by atoms with Crippen molar-refractivity contribution < 1.29 is 9.15 Å². The Kier molecular flexibility index (Phi) is 5.42. The second kappa shape index (κ2) is 8.12. The quantitative estimate of drug-likeness (QED) is 0.654. The van der Waals surface area contributed by atoms with Crippen LogP contribution in [0.25, 0.3) is 11.5 Å². The molecule has 7 heteroatoms. The van der Waals surface area contributed by atoms with E-state index in [1.165, 1.54) is 17.4 Å². The molecule has 1 aromatic heterocycles. The first-order valence-corrected chi connectivity index (χ1v) is 9.85. The van der Waals surface area contributed by atoms with E-state index in [0.29, 0.717) is 11.1 Å². The minimum Gasteiger partial charge on any atom is -0.411 e. The average Bonchev–Trinajstić information content (AvgIpc) is 3.37. The molecule has 1 aliphatic rings. The van der Waals surface area contributed by atoms with Crippen molar-refractivity contribution in [3.63, 3.8) is 0 Å². The first kappa shape index (κ1) is 18.0. The maximum absolute atomic E-state index is 6.13. The molecule has 0 bridgehead atoms. The van der Waals surface area contributed by atoms with Gasteiger partial charge in [0.25, 0.3) is 5.22 Å². The lowest BCUT2D eigenvalue weighted by Crippen LogP contribution is -2.16. The minimum absolute atomic E-state index is 0.0747. The van der Waals surface area contributed by atoms with Gasteiger partial charge in [0.15, 0.2) is 0 Å². The summed E-state index contributed by atoms with van der Waals surface area (Å²) in [4.78, 5) is 2.08. The minimum atomic E-state index is -0.0747. The Morgan fingerprint density at radius 2 is 1.85 bits per heavy atom. The van der Waals surface area contributed by atoms with E-state index in [4.69, 9.17) is 9.15 Å². The molecule has 2 atom stereocenters. The van der Waals surface area contributed by atoms with Crippen LogP contribution in [-0.2, 0) is 4.74 Å². The molecule has 0 amide bonds. The van der Waals surface area contributed by atoms with Gasteiger partial charge in [0.2, 0.25) is 5.89 Å². The summed E-state index contributed by atoms with van der Waals surface area (Å²) in [6.07, 6.45) is 0.0231. The summed E-state index contributed by atoms with van der Waals surface area (Å²) < 4.78 is 11.9. The molecule has 27 heavy (non-hydrogen) atoms. The van der Waals surface area contributed by atoms with E-state index in [2.05, 4.69) is 44.7 Å². The normalized spacial score (nSPS) is 19.3. The number of benzene rings is 2. The SMILES string of the molecule is CN(C)c1ccc([C@H]2NC[C@@H](CSc3nnc(-c4ccccc4)o3)O2)cc1. The van der Waals surface area contributed by atoms with E-state index >= 15 is 0 Å². The fraction of sp³-hybridized carbons (Fsp3) is 0.300. The van der Waals surface area contributed by atoms with Gasteiger partial charge in [0.1, 0.15) is 6.23 Å². The van der Waals surface area contributed by atoms with Crippen LogP contribution in [0.2, 0.25) is 0 Å². The fourth-order valence-electron chi connectivity index (χ4n) is 2.90. The number of nitrogens with one attached hydrogen (secondary N) is 1. The number of hydrogen-bond acceptors (Lipinski definition) is 7. The number of ether oxygens (including phenoxy) is 1. The molecule has 1 fully saturated rings. The molecule has 0 radical (unpaired) electrons. The number of nitrogens with zero attached hydrogens (tertiary/aromatic N) is 3. The molecular weight excluding hydrogens is 360 g/mol. The Hall–Kier alpha value is -2.35. The van der Waals surface area contributed by atoms with Crippen molar-refractivity contribution in [2.45, 2.75) is 17.6 Å². The van der Waals surface area contributed by atoms with Crippen LogP contribution in [0.5, 0.6) is 0 Å². The Bertz CT molecular complexity index is 867. The summed E-state index contributed by atoms with van der Waals surface area (Å²) in [5.41, 5.74) is 3.24. The van der Waals surface area contributed by atoms with Crippen molar-refractivity contribution in [2.24, 2.45) is 0 Å². The number of aromatic nitrogens is 2. The smallest absolute Gasteiger partial charge is 0.276 e. The Morgan fingerprint density at radius 1 is 1.07 bits per heavy atom. The van der Waals surface area contributed by atoms with Gasteiger partial charge >= 0.3 is 0 Å². The summed E-state index contributed by atoms with van der Waals surface area (Å²) >= 11 is 1.52. The van der Waals surface area contributed by atoms with Gasteiger partial charge in [-0.15, -0.1) is 10.2 Å². The van der Waals surface area contributed by atoms with Gasteiger partial charge in [-0.25, -0.2) is 0 Å². The molecule has 6 nitrogen and oxygen atoms in total. The van der Waals surface area contributed by atoms with Crippen molar-refractivity contribution in [3.05, 3.63) is 60.2 Å². The zero-order valence-corrected chi connectivity index (χ0v) is 16.1. The zero-order chi connectivity index (χ0) is 18.6. The van der Waals surface area contributed by atoms with Crippen LogP contribution >= 0.6 is 11.8 Å². The van der Waals surface area contributed by atoms with Crippen LogP contribution in [-0.4, -0.2) is 42.7 Å². The second-order valence-electron chi connectivity index (χ2n) is 6.58. The molecular formula is C20H22N4O2S. The molecule has 4 rings (SSSR count). The van der Waals surface area contributed by atoms with Crippen LogP contribution in [0.15, 0.2) is 64.2 Å². The molecule has 0 saturated carbocycles. The summed E-state index contributed by atoms with van der Waals surface area (Å²) in [7, 11) is 4.07. The number of thioether (sulfide) groups is 1. The van der Waals surface area contributed by atoms with E-state index < -0.39 is 0 Å². The molecule has 2 heterocycles. The highest BCUT2D eigenvalue weighted by Crippen LogP contribution is 2.28. The van der Waals surface area contributed by atoms with Gasteiger partial charge in [-0.05, 0) is 29.8 Å². The number of hydrogen-bond donors (Lipinski definition) is 1. The number of anilines is 1. The van der Waals surface area contributed by atoms with E-state index in [-0.39, 0.29) is 12.3 Å². The number of rotatable bonds is 6. The second-order valence-corrected chi connectivity index (χ2v) is 7.55. The lowest BCUT2D eigenvalue weighted by atomic mass is 10.2. The first-order valence-electron chi connectivity index (χ1n) is 8.87. The van der Waals surface area contributed by atoms with E-state index in [1.807, 2.05) is 44.4 Å². The third-order valence-corrected chi connectivity index (χ3v) is 5.34. The zero-order valence-electron chi connectivity index (χ0n) is 15.3. The highest BCUT2D eigenvalue weighted by Gasteiger charge is 2.26. The molecule has 0 aliphatic carbocycles. The van der Waals surface area contributed by atoms with Gasteiger partial charge in [-0.3, -0.25) is 5.32 Å². The maximum atomic E-state index is 6.13. The first-order chi connectivity index (χ1) is 13.2. The third kappa shape index (κ3) is 4.32. The van der Waals surface area contributed by atoms with Crippen LogP contribution in [0.1, 0.15) is 11.8 Å². The van der Waals surface area contributed by atoms with Crippen LogP contribution in [0, 0.1) is 0 Å². The van der Waals surface area contributed by atoms with Gasteiger partial charge in [0, 0.05) is 37.6 Å². The highest BCUT2D eigenvalue weighted by atomic mass is 32.2. The van der Waals surface area contributed by atoms with E-state index in [0.717, 1.165) is 23.4 Å². The summed E-state index contributed by atoms with van der Waals surface area (Å²) in [5, 5.41) is 12.2. The van der Waals surface area contributed by atoms with Gasteiger partial charge in [-0.2, -0.15) is 0 Å². The van der Waals surface area contributed by atoms with Gasteiger partial charge < -0.3 is 14.1 Å². The van der Waals surface area contributed by atoms with Crippen molar-refractivity contribution in [3.8, 4) is 11.5 Å². The molecule has 140 valence electrons. The molecule has 0 spiro atoms. The Labute approximate surface area is 162 Å². The molecule has 3 aromatic rings. The standard InChI is InChI=1S/C20H22N4O2S/c1-24(2)16-10-8-15(9-11-16)18-21-12-17(25-18)13-27-20-23-22-19(26-20)14-6-4-3-5-7-14/h3-11,17-18,21H,12-13H2,1-2H3/t17-,18-/m0/s1. The van der Waals surface area contributed by atoms with E-state index in [9.17, 15) is 0 Å². The maximum Gasteiger partial charge on any atom is 0.276 e. The van der Waals surface area contributed by atoms with Crippen molar-refractivity contribution >= 4 is 17.4 Å². The third-order valence-electron chi connectivity index (χ3n) is 4.39. The van der Waals surface area contributed by atoms with Crippen LogP contribution < -0.4 is 10.2 Å². The van der Waals surface area contributed by atoms with Crippen molar-refractivity contribution in [1.29, 1.82) is 0 Å². The lowest BCUT2D eigenvalue weighted by Gasteiger charge is -2.16. The summed E-state index contributed by atoms with van der Waals surface area (Å²) in [5.74, 6) is 1.30. The lowest BCUT2D eigenvalue weighted by molar-refractivity contribution is 0.0534. The van der Waals surface area contributed by atoms with Crippen molar-refractivity contribution in [1.82, 2.24) is 15.5 Å². The van der Waals surface area contributed by atoms with E-state index in [1.54, 1.807) is 0 Å². The fourth-order valence-corrected chi connectivity index (χ4v) is 3.66. The Balaban J connectivity index is 1.31. The van der Waals surface area contributed by atoms with Crippen molar-refractivity contribution in [2.75, 3.05) is 31.3 Å². The largest absolute Gasteiger partial charge is 0.411 e. The molecule has 2 aromatic carbocycles.